The zero-order chi connectivity index (χ0) is 41.4. The maximum Gasteiger partial charge on any atom is 1.00 e. The van der Waals surface area contributed by atoms with Gasteiger partial charge < -0.3 is 24.5 Å². The Morgan fingerprint density at radius 3 is 2.21 bits per heavy atom. The number of Topliss-reactive ketones (excluding diaryl/α,β-unsaturated/α-hetero) is 2. The number of rotatable bonds is 13. The summed E-state index contributed by atoms with van der Waals surface area (Å²) in [7, 11) is 0. The number of aldehydes is 2. The first kappa shape index (κ1) is 48.9. The third-order valence-electron chi connectivity index (χ3n) is 8.15. The van der Waals surface area contributed by atoms with E-state index in [4.69, 9.17) is 23.2 Å². The largest absolute Gasteiger partial charge is 1.00 e. The van der Waals surface area contributed by atoms with Crippen molar-refractivity contribution in [1.82, 2.24) is 29.1 Å². The molecule has 0 saturated carbocycles. The quantitative estimate of drug-likeness (QED) is 0.0703. The standard InChI is InChI=1S/C17H21N3O5.C15H21N5O5.IO4.Na/c1-4-12(7-21)25-15(8-22)20-9-18-16-14(24)6-11(19-17(16)20)5-13(23)10(2)3;1-4-7-9(21)10(22)14(25-7)20-5-16-8-11(20)17-15(19-13(8)24)18-12(23)6(2)3;2-1(3,4)5;/h7-10,12,15H,4-6H2,1-3H3;5-7,9-10,14,21-22H,4H2,1-3H3,(H2,17,18,19,23,24);;/q;;-1;+1/t12-,15-;7-,9-,10-,14-;;/m11../s1. The summed E-state index contributed by atoms with van der Waals surface area (Å²) in [6, 6.07) is 0. The number of carbonyl (C=O) groups is 5. The Bertz CT molecular complexity index is 1940. The number of fused-ring (bicyclic) bond motifs is 2. The van der Waals surface area contributed by atoms with Gasteiger partial charge in [-0.15, -0.1) is 0 Å². The topological polar surface area (TPSA) is 342 Å². The molecular weight excluding hydrogens is 870 g/mol. The van der Waals surface area contributed by atoms with Crippen LogP contribution in [0.4, 0.5) is 11.8 Å². The van der Waals surface area contributed by atoms with Gasteiger partial charge in [0, 0.05) is 24.0 Å². The molecule has 2 aliphatic heterocycles. The van der Waals surface area contributed by atoms with Crippen molar-refractivity contribution in [3.05, 3.63) is 28.7 Å². The Balaban J connectivity index is 0.000000340. The average Bonchev–Trinajstić information content (AvgIpc) is 3.81. The van der Waals surface area contributed by atoms with Gasteiger partial charge in [0.25, 0.3) is 5.56 Å². The van der Waals surface area contributed by atoms with Crippen LogP contribution in [-0.2, 0) is 28.7 Å². The van der Waals surface area contributed by atoms with Gasteiger partial charge in [-0.25, -0.2) is 15.0 Å². The monoisotopic (exact) mass is 912 g/mol. The van der Waals surface area contributed by atoms with Gasteiger partial charge in [-0.05, 0) is 12.8 Å². The average molecular weight is 913 g/mol. The van der Waals surface area contributed by atoms with Crippen molar-refractivity contribution in [3.8, 4) is 0 Å². The predicted octanol–water partition coefficient (Wildman–Crippen LogP) is -9.16. The minimum absolute atomic E-state index is 0. The molecule has 302 valence electrons. The summed E-state index contributed by atoms with van der Waals surface area (Å²) in [6.45, 7) is 10.6. The molecule has 3 aromatic rings. The van der Waals surface area contributed by atoms with Gasteiger partial charge in [0.2, 0.25) is 11.9 Å². The zero-order valence-corrected chi connectivity index (χ0v) is 35.8. The van der Waals surface area contributed by atoms with Gasteiger partial charge in [-0.3, -0.25) is 57.2 Å². The molecule has 0 aromatic carbocycles. The Kier molecular flexibility index (Phi) is 18.8. The second-order valence-corrected chi connectivity index (χ2v) is 15.0. The third kappa shape index (κ3) is 12.9. The van der Waals surface area contributed by atoms with Gasteiger partial charge >= 0.3 is 29.6 Å². The van der Waals surface area contributed by atoms with Crippen molar-refractivity contribution in [3.63, 3.8) is 0 Å². The molecule has 5 rings (SSSR count). The molecule has 22 nitrogen and oxygen atoms in total. The van der Waals surface area contributed by atoms with Crippen LogP contribution < -0.4 is 74.3 Å². The molecule has 5 heterocycles. The van der Waals surface area contributed by atoms with Crippen LogP contribution in [0.25, 0.3) is 11.2 Å². The van der Waals surface area contributed by atoms with Crippen molar-refractivity contribution in [2.45, 2.75) is 104 Å². The van der Waals surface area contributed by atoms with Gasteiger partial charge in [0.05, 0.1) is 25.2 Å². The van der Waals surface area contributed by atoms with E-state index in [1.807, 2.05) is 6.92 Å². The number of H-pyrrole nitrogens is 1. The minimum atomic E-state index is -5.94. The number of ether oxygens (including phenoxy) is 2. The van der Waals surface area contributed by atoms with E-state index >= 15 is 0 Å². The number of aromatic amines is 1. The summed E-state index contributed by atoms with van der Waals surface area (Å²) in [6.07, 6.45) is -0.793. The third-order valence-corrected chi connectivity index (χ3v) is 8.15. The second kappa shape index (κ2) is 21.5. The number of hydrogen-bond acceptors (Lipinski definition) is 18. The van der Waals surface area contributed by atoms with E-state index in [0.717, 1.165) is 0 Å². The summed E-state index contributed by atoms with van der Waals surface area (Å²) >= 11 is -5.94. The number of nitrogens with one attached hydrogen (secondary N) is 2. The summed E-state index contributed by atoms with van der Waals surface area (Å²) in [5.74, 6) is -0.857. The van der Waals surface area contributed by atoms with Gasteiger partial charge in [0.1, 0.15) is 50.5 Å². The number of hydrogen-bond donors (Lipinski definition) is 4. The van der Waals surface area contributed by atoms with Crippen LogP contribution >= 0.6 is 0 Å². The number of amides is 1. The smallest absolute Gasteiger partial charge is 0.388 e. The van der Waals surface area contributed by atoms with Crippen molar-refractivity contribution in [2.24, 2.45) is 16.8 Å². The fourth-order valence-corrected chi connectivity index (χ4v) is 5.11. The first-order chi connectivity index (χ1) is 25.7. The van der Waals surface area contributed by atoms with Crippen molar-refractivity contribution in [2.75, 3.05) is 5.32 Å². The molecule has 4 N–H and O–H groups in total. The van der Waals surface area contributed by atoms with Crippen LogP contribution in [0.15, 0.2) is 22.4 Å². The van der Waals surface area contributed by atoms with Crippen LogP contribution in [0.2, 0.25) is 0 Å². The van der Waals surface area contributed by atoms with E-state index in [2.05, 4.69) is 30.2 Å². The van der Waals surface area contributed by atoms with Crippen LogP contribution in [0.3, 0.4) is 0 Å². The second-order valence-electron chi connectivity index (χ2n) is 12.9. The number of aliphatic hydroxyl groups is 2. The number of nitrogens with zero attached hydrogens (tertiary/aromatic N) is 6. The zero-order valence-electron chi connectivity index (χ0n) is 31.6. The molecule has 24 heteroatoms. The molecule has 1 saturated heterocycles. The van der Waals surface area contributed by atoms with Crippen LogP contribution in [0, 0.1) is 11.8 Å². The summed E-state index contributed by atoms with van der Waals surface area (Å²) < 4.78 is 48.3. The van der Waals surface area contributed by atoms with E-state index < -0.39 is 62.5 Å². The Hall–Kier alpha value is -3.21. The molecule has 1 fully saturated rings. The van der Waals surface area contributed by atoms with Crippen molar-refractivity contribution < 1.29 is 107 Å². The number of imidazole rings is 2. The Labute approximate surface area is 347 Å². The number of aromatic nitrogens is 6. The Morgan fingerprint density at radius 2 is 1.70 bits per heavy atom. The molecule has 0 radical (unpaired) electrons. The number of anilines is 1. The summed E-state index contributed by atoms with van der Waals surface area (Å²) in [5.41, 5.74) is 0.242. The number of ketones is 2. The molecule has 2 aliphatic rings. The first-order valence-electron chi connectivity index (χ1n) is 16.9. The number of aliphatic imine (C=N–C) groups is 1. The number of aliphatic hydroxyl groups excluding tert-OH is 2. The van der Waals surface area contributed by atoms with Gasteiger partial charge in [0.15, 0.2) is 47.2 Å². The molecular formula is C32H42IN8NaO14. The molecule has 3 aromatic heterocycles. The van der Waals surface area contributed by atoms with E-state index in [0.29, 0.717) is 31.1 Å². The molecule has 56 heavy (non-hydrogen) atoms. The van der Waals surface area contributed by atoms with Crippen LogP contribution in [-0.4, -0.2) is 99.5 Å². The van der Waals surface area contributed by atoms with Gasteiger partial charge in [-0.1, -0.05) is 41.5 Å². The number of carbonyl (C=O) groups excluding carboxylic acids is 5. The minimum Gasteiger partial charge on any atom is -0.388 e. The van der Waals surface area contributed by atoms with E-state index in [1.165, 1.54) is 21.8 Å². The fraction of sp³-hybridized carbons (Fsp3) is 0.562. The molecule has 0 bridgehead atoms. The van der Waals surface area contributed by atoms with E-state index in [-0.39, 0.29) is 100 Å². The Morgan fingerprint density at radius 1 is 1.05 bits per heavy atom. The maximum absolute atomic E-state index is 12.3. The van der Waals surface area contributed by atoms with Crippen molar-refractivity contribution in [1.29, 1.82) is 0 Å². The van der Waals surface area contributed by atoms with Gasteiger partial charge in [-0.2, -0.15) is 4.98 Å². The number of halogens is 1. The van der Waals surface area contributed by atoms with Crippen LogP contribution in [0.1, 0.15) is 90.2 Å². The molecule has 0 spiro atoms. The predicted molar refractivity (Wildman–Crippen MR) is 177 cm³/mol. The molecule has 0 aliphatic carbocycles. The van der Waals surface area contributed by atoms with Crippen molar-refractivity contribution >= 4 is 58.7 Å². The molecule has 6 atom stereocenters. The maximum atomic E-state index is 12.3. The normalized spacial score (nSPS) is 20.1. The first-order valence-corrected chi connectivity index (χ1v) is 20.4. The van der Waals surface area contributed by atoms with Crippen LogP contribution in [0.5, 0.6) is 0 Å². The molecule has 0 unspecified atom stereocenters. The molecule has 1 amide bonds. The van der Waals surface area contributed by atoms with E-state index in [1.54, 1.807) is 34.6 Å². The SMILES string of the molecule is CC[C@H](C=O)O[C@H](C=O)n1cnc2c1N=C(CC(=O)C(C)C)CC2=O.CC[C@H]1O[C@@H](n2cnc3c(=O)[nH]c(NC(=O)C(C)C)nc32)[C@H](O)[C@@H]1O.[Na+].[O-][I+3]([O-])([O-])[O-]. The van der Waals surface area contributed by atoms with E-state index in [9.17, 15) is 39.0 Å². The summed E-state index contributed by atoms with van der Waals surface area (Å²) in [4.78, 5) is 89.6. The fourth-order valence-electron chi connectivity index (χ4n) is 5.11. The summed E-state index contributed by atoms with van der Waals surface area (Å²) in [5, 5.41) is 22.8.